The number of imide groups is 1. The molecule has 0 aromatic rings. The molecular formula is C9H13NO5. The lowest BCUT2D eigenvalue weighted by molar-refractivity contribution is -0.148. The summed E-state index contributed by atoms with van der Waals surface area (Å²) in [4.78, 5) is 34.8. The van der Waals surface area contributed by atoms with Crippen LogP contribution in [0.3, 0.4) is 0 Å². The number of hydrogen-bond donors (Lipinski definition) is 0. The summed E-state index contributed by atoms with van der Waals surface area (Å²) >= 11 is 0. The van der Waals surface area contributed by atoms with Crippen molar-refractivity contribution in [3.8, 4) is 0 Å². The first kappa shape index (κ1) is 11.5. The molecule has 1 aliphatic rings. The summed E-state index contributed by atoms with van der Waals surface area (Å²) in [6.45, 7) is 1.79. The monoisotopic (exact) mass is 215 g/mol. The van der Waals surface area contributed by atoms with E-state index in [9.17, 15) is 14.4 Å². The van der Waals surface area contributed by atoms with E-state index in [0.717, 1.165) is 4.90 Å². The van der Waals surface area contributed by atoms with Gasteiger partial charge in [-0.2, -0.15) is 0 Å². The highest BCUT2D eigenvalue weighted by Gasteiger charge is 2.41. The highest BCUT2D eigenvalue weighted by atomic mass is 16.6. The Morgan fingerprint density at radius 1 is 1.53 bits per heavy atom. The van der Waals surface area contributed by atoms with E-state index in [1.165, 1.54) is 7.11 Å². The zero-order valence-electron chi connectivity index (χ0n) is 8.69. The van der Waals surface area contributed by atoms with Gasteiger partial charge in [0.05, 0.1) is 13.7 Å². The topological polar surface area (TPSA) is 72.9 Å². The molecule has 1 atom stereocenters. The van der Waals surface area contributed by atoms with Gasteiger partial charge in [0.1, 0.15) is 6.04 Å². The Labute approximate surface area is 87.1 Å². The molecule has 1 aliphatic heterocycles. The Morgan fingerprint density at radius 2 is 2.20 bits per heavy atom. The Bertz CT molecular complexity index is 288. The lowest BCUT2D eigenvalue weighted by Crippen LogP contribution is -2.43. The van der Waals surface area contributed by atoms with Gasteiger partial charge in [0.15, 0.2) is 0 Å². The number of amides is 2. The van der Waals surface area contributed by atoms with Crippen molar-refractivity contribution in [3.63, 3.8) is 0 Å². The molecule has 0 radical (unpaired) electrons. The summed E-state index contributed by atoms with van der Waals surface area (Å²) in [5.41, 5.74) is 0. The van der Waals surface area contributed by atoms with Crippen molar-refractivity contribution in [2.75, 3.05) is 13.7 Å². The maximum absolute atomic E-state index is 11.4. The van der Waals surface area contributed by atoms with Gasteiger partial charge in [-0.1, -0.05) is 0 Å². The van der Waals surface area contributed by atoms with Gasteiger partial charge in [0.25, 0.3) is 0 Å². The Morgan fingerprint density at radius 3 is 2.73 bits per heavy atom. The molecule has 0 spiro atoms. The average molecular weight is 215 g/mol. The predicted octanol–water partition coefficient (Wildman–Crippen LogP) is 0.307. The van der Waals surface area contributed by atoms with Crippen molar-refractivity contribution >= 4 is 18.0 Å². The first-order chi connectivity index (χ1) is 7.11. The minimum Gasteiger partial charge on any atom is -0.467 e. The molecule has 0 aromatic heterocycles. The van der Waals surface area contributed by atoms with Crippen LogP contribution in [0.25, 0.3) is 0 Å². The third kappa shape index (κ3) is 2.26. The highest BCUT2D eigenvalue weighted by Crippen LogP contribution is 2.20. The van der Waals surface area contributed by atoms with Crippen LogP contribution in [0.1, 0.15) is 19.8 Å². The van der Waals surface area contributed by atoms with Crippen LogP contribution in [0.15, 0.2) is 0 Å². The number of rotatable bonds is 2. The van der Waals surface area contributed by atoms with Gasteiger partial charge in [-0.3, -0.25) is 4.79 Å². The lowest BCUT2D eigenvalue weighted by atomic mass is 10.2. The minimum absolute atomic E-state index is 0.163. The van der Waals surface area contributed by atoms with Crippen molar-refractivity contribution < 1.29 is 23.9 Å². The van der Waals surface area contributed by atoms with E-state index in [1.54, 1.807) is 6.92 Å². The number of ether oxygens (including phenoxy) is 2. The maximum atomic E-state index is 11.4. The van der Waals surface area contributed by atoms with Crippen LogP contribution in [-0.2, 0) is 19.1 Å². The molecule has 1 rings (SSSR count). The SMILES string of the molecule is CCOC(=O)N1C(=O)CC[C@H]1C(=O)OC. The first-order valence-electron chi connectivity index (χ1n) is 4.68. The summed E-state index contributed by atoms with van der Waals surface area (Å²) in [5, 5.41) is 0. The van der Waals surface area contributed by atoms with Crippen LogP contribution in [0.5, 0.6) is 0 Å². The second kappa shape index (κ2) is 4.77. The molecule has 1 saturated heterocycles. The summed E-state index contributed by atoms with van der Waals surface area (Å²) in [5.74, 6) is -0.988. The second-order valence-corrected chi connectivity index (χ2v) is 3.04. The fourth-order valence-corrected chi connectivity index (χ4v) is 1.46. The van der Waals surface area contributed by atoms with Gasteiger partial charge >= 0.3 is 12.1 Å². The second-order valence-electron chi connectivity index (χ2n) is 3.04. The Balaban J connectivity index is 2.77. The number of carbonyl (C=O) groups is 3. The molecule has 0 aromatic carbocycles. The molecule has 0 bridgehead atoms. The van der Waals surface area contributed by atoms with Gasteiger partial charge in [-0.15, -0.1) is 0 Å². The smallest absolute Gasteiger partial charge is 0.417 e. The largest absolute Gasteiger partial charge is 0.467 e. The zero-order chi connectivity index (χ0) is 11.4. The van der Waals surface area contributed by atoms with Crippen molar-refractivity contribution in [1.82, 2.24) is 4.90 Å². The van der Waals surface area contributed by atoms with Crippen LogP contribution in [0.2, 0.25) is 0 Å². The van der Waals surface area contributed by atoms with Gasteiger partial charge < -0.3 is 9.47 Å². The molecule has 15 heavy (non-hydrogen) atoms. The van der Waals surface area contributed by atoms with Gasteiger partial charge in [0.2, 0.25) is 5.91 Å². The fourth-order valence-electron chi connectivity index (χ4n) is 1.46. The molecule has 1 heterocycles. The van der Waals surface area contributed by atoms with Crippen molar-refractivity contribution in [2.45, 2.75) is 25.8 Å². The van der Waals surface area contributed by atoms with Gasteiger partial charge in [-0.05, 0) is 13.3 Å². The number of likely N-dealkylation sites (tertiary alicyclic amines) is 1. The molecule has 0 N–H and O–H groups in total. The van der Waals surface area contributed by atoms with Crippen LogP contribution in [0, 0.1) is 0 Å². The summed E-state index contributed by atoms with van der Waals surface area (Å²) in [6, 6.07) is -0.832. The number of hydrogen-bond acceptors (Lipinski definition) is 5. The molecule has 6 heteroatoms. The highest BCUT2D eigenvalue weighted by molar-refractivity contribution is 5.99. The lowest BCUT2D eigenvalue weighted by Gasteiger charge is -2.19. The molecule has 6 nitrogen and oxygen atoms in total. The predicted molar refractivity (Wildman–Crippen MR) is 48.9 cm³/mol. The molecule has 0 aliphatic carbocycles. The molecule has 0 unspecified atom stereocenters. The van der Waals surface area contributed by atoms with E-state index >= 15 is 0 Å². The van der Waals surface area contributed by atoms with E-state index in [1.807, 2.05) is 0 Å². The average Bonchev–Trinajstić information content (AvgIpc) is 2.59. The van der Waals surface area contributed by atoms with Crippen molar-refractivity contribution in [3.05, 3.63) is 0 Å². The van der Waals surface area contributed by atoms with Gasteiger partial charge in [0, 0.05) is 6.42 Å². The fraction of sp³-hybridized carbons (Fsp3) is 0.667. The van der Waals surface area contributed by atoms with E-state index in [2.05, 4.69) is 9.47 Å². The van der Waals surface area contributed by atoms with Crippen LogP contribution in [0.4, 0.5) is 4.79 Å². The summed E-state index contributed by atoms with van der Waals surface area (Å²) in [7, 11) is 1.22. The molecule has 1 fully saturated rings. The van der Waals surface area contributed by atoms with E-state index in [0.29, 0.717) is 6.42 Å². The molecule has 0 saturated carbocycles. The number of nitrogens with zero attached hydrogens (tertiary/aromatic N) is 1. The molecular weight excluding hydrogens is 202 g/mol. The van der Waals surface area contributed by atoms with Crippen molar-refractivity contribution in [1.29, 1.82) is 0 Å². The molecule has 2 amide bonds. The van der Waals surface area contributed by atoms with Crippen LogP contribution >= 0.6 is 0 Å². The summed E-state index contributed by atoms with van der Waals surface area (Å²) < 4.78 is 9.18. The number of esters is 1. The van der Waals surface area contributed by atoms with E-state index < -0.39 is 24.0 Å². The Hall–Kier alpha value is -1.59. The molecule has 84 valence electrons. The van der Waals surface area contributed by atoms with Crippen molar-refractivity contribution in [2.24, 2.45) is 0 Å². The van der Waals surface area contributed by atoms with Gasteiger partial charge in [-0.25, -0.2) is 14.5 Å². The van der Waals surface area contributed by atoms with E-state index in [4.69, 9.17) is 0 Å². The minimum atomic E-state index is -0.832. The third-order valence-electron chi connectivity index (χ3n) is 2.15. The first-order valence-corrected chi connectivity index (χ1v) is 4.68. The standard InChI is InChI=1S/C9H13NO5/c1-3-15-9(13)10-6(8(12)14-2)4-5-7(10)11/h6H,3-5H2,1-2H3/t6-/m0/s1. The zero-order valence-corrected chi connectivity index (χ0v) is 8.69. The number of methoxy groups -OCH3 is 1. The van der Waals surface area contributed by atoms with Crippen LogP contribution < -0.4 is 0 Å². The summed E-state index contributed by atoms with van der Waals surface area (Å²) in [6.07, 6.45) is -0.321. The van der Waals surface area contributed by atoms with Crippen LogP contribution in [-0.4, -0.2) is 42.6 Å². The number of carbonyl (C=O) groups excluding carboxylic acids is 3. The quantitative estimate of drug-likeness (QED) is 0.620. The Kier molecular flexibility index (Phi) is 3.65. The maximum Gasteiger partial charge on any atom is 0.417 e. The van der Waals surface area contributed by atoms with E-state index in [-0.39, 0.29) is 13.0 Å². The third-order valence-corrected chi connectivity index (χ3v) is 2.15. The normalized spacial score (nSPS) is 20.3.